The molecule has 1 aliphatic carbocycles. The predicted octanol–water partition coefficient (Wildman–Crippen LogP) is 7.15. The molecule has 0 aromatic heterocycles. The molecule has 3 nitrogen and oxygen atoms in total. The lowest BCUT2D eigenvalue weighted by Gasteiger charge is -2.27. The summed E-state index contributed by atoms with van der Waals surface area (Å²) in [6.07, 6.45) is 0. The molecule has 0 saturated carbocycles. The van der Waals surface area contributed by atoms with Crippen molar-refractivity contribution in [3.8, 4) is 22.3 Å². The molecule has 0 radical (unpaired) electrons. The monoisotopic (exact) mass is 506 g/mol. The van der Waals surface area contributed by atoms with Gasteiger partial charge in [-0.2, -0.15) is 0 Å². The van der Waals surface area contributed by atoms with Crippen molar-refractivity contribution < 1.29 is 15.3 Å². The van der Waals surface area contributed by atoms with Crippen molar-refractivity contribution in [3.05, 3.63) is 120 Å². The summed E-state index contributed by atoms with van der Waals surface area (Å²) >= 11 is 0. The molecule has 0 heterocycles. The van der Waals surface area contributed by atoms with E-state index < -0.39 is 5.41 Å². The van der Waals surface area contributed by atoms with Gasteiger partial charge in [0.25, 0.3) is 0 Å². The van der Waals surface area contributed by atoms with Crippen LogP contribution >= 0.6 is 0 Å². The summed E-state index contributed by atoms with van der Waals surface area (Å²) in [5.74, 6) is 0. The van der Waals surface area contributed by atoms with Crippen molar-refractivity contribution in [1.29, 1.82) is 0 Å². The fourth-order valence-corrected chi connectivity index (χ4v) is 7.17. The van der Waals surface area contributed by atoms with E-state index in [9.17, 15) is 15.3 Å². The SMILES string of the molecule is OCc1ccc2c3cccc4c(-c5ccc6c(c5)C(CO)(CO)c5ccccc5-6)ccc(c5cccc1c25)c43. The van der Waals surface area contributed by atoms with Crippen LogP contribution in [0.1, 0.15) is 16.7 Å². The second-order valence-corrected chi connectivity index (χ2v) is 10.8. The first-order valence-electron chi connectivity index (χ1n) is 13.4. The molecule has 3 heteroatoms. The van der Waals surface area contributed by atoms with Gasteiger partial charge in [0.05, 0.1) is 25.2 Å². The summed E-state index contributed by atoms with van der Waals surface area (Å²) in [5, 5.41) is 40.6. The lowest BCUT2D eigenvalue weighted by atomic mass is 9.78. The maximum Gasteiger partial charge on any atom is 0.0687 e. The Morgan fingerprint density at radius 3 is 1.79 bits per heavy atom. The lowest BCUT2D eigenvalue weighted by Crippen LogP contribution is -2.34. The Morgan fingerprint density at radius 2 is 1.05 bits per heavy atom. The van der Waals surface area contributed by atoms with E-state index in [0.717, 1.165) is 44.3 Å². The maximum absolute atomic E-state index is 10.6. The Kier molecular flexibility index (Phi) is 4.72. The molecule has 1 aliphatic rings. The fourth-order valence-electron chi connectivity index (χ4n) is 7.17. The molecule has 7 aromatic rings. The summed E-state index contributed by atoms with van der Waals surface area (Å²) in [6.45, 7) is -0.295. The number of aliphatic hydroxyl groups is 3. The van der Waals surface area contributed by atoms with Gasteiger partial charge in [-0.3, -0.25) is 0 Å². The molecule has 0 fully saturated rings. The molecule has 0 bridgehead atoms. The summed E-state index contributed by atoms with van der Waals surface area (Å²) in [7, 11) is 0. The number of benzene rings is 7. The number of hydrogen-bond acceptors (Lipinski definition) is 3. The average molecular weight is 507 g/mol. The quantitative estimate of drug-likeness (QED) is 0.176. The van der Waals surface area contributed by atoms with E-state index in [2.05, 4.69) is 78.9 Å². The standard InChI is InChI=1S/C36H26O3/c37-18-22-12-14-30-29-9-4-7-27-23(15-16-31(35(27)29)28-8-3-6-24(22)34(28)30)21-11-13-26-25-5-1-2-10-32(25)36(19-38,20-39)33(26)17-21/h1-17,37-39H,18-20H2. The smallest absolute Gasteiger partial charge is 0.0687 e. The van der Waals surface area contributed by atoms with E-state index in [1.165, 1.54) is 37.7 Å². The van der Waals surface area contributed by atoms with E-state index in [0.29, 0.717) is 0 Å². The maximum atomic E-state index is 10.6. The Labute approximate surface area is 225 Å². The molecule has 0 spiro atoms. The van der Waals surface area contributed by atoms with Crippen LogP contribution < -0.4 is 0 Å². The van der Waals surface area contributed by atoms with Gasteiger partial charge >= 0.3 is 0 Å². The third-order valence-electron chi connectivity index (χ3n) is 9.04. The molecule has 0 aliphatic heterocycles. The molecular formula is C36H26O3. The van der Waals surface area contributed by atoms with Gasteiger partial charge in [-0.1, -0.05) is 97.1 Å². The van der Waals surface area contributed by atoms with Gasteiger partial charge in [0.15, 0.2) is 0 Å². The Bertz CT molecular complexity index is 2060. The highest BCUT2D eigenvalue weighted by molar-refractivity contribution is 6.34. The molecule has 39 heavy (non-hydrogen) atoms. The minimum Gasteiger partial charge on any atom is -0.395 e. The van der Waals surface area contributed by atoms with Crippen molar-refractivity contribution >= 4 is 43.1 Å². The van der Waals surface area contributed by atoms with E-state index >= 15 is 0 Å². The Balaban J connectivity index is 1.43. The van der Waals surface area contributed by atoms with Gasteiger partial charge in [-0.15, -0.1) is 0 Å². The number of rotatable bonds is 4. The van der Waals surface area contributed by atoms with Crippen molar-refractivity contribution in [2.45, 2.75) is 12.0 Å². The van der Waals surface area contributed by atoms with Crippen LogP contribution in [0.5, 0.6) is 0 Å². The van der Waals surface area contributed by atoms with Gasteiger partial charge in [-0.25, -0.2) is 0 Å². The minimum atomic E-state index is -0.826. The topological polar surface area (TPSA) is 60.7 Å². The Hall–Kier alpha value is -4.28. The summed E-state index contributed by atoms with van der Waals surface area (Å²) in [6, 6.07) is 36.0. The second kappa shape index (κ2) is 8.11. The van der Waals surface area contributed by atoms with Crippen LogP contribution in [0.3, 0.4) is 0 Å². The third-order valence-corrected chi connectivity index (χ3v) is 9.04. The summed E-state index contributed by atoms with van der Waals surface area (Å²) < 4.78 is 0. The normalized spacial score (nSPS) is 14.0. The third kappa shape index (κ3) is 2.82. The van der Waals surface area contributed by atoms with Crippen LogP contribution in [0, 0.1) is 0 Å². The van der Waals surface area contributed by atoms with Crippen LogP contribution in [-0.2, 0) is 12.0 Å². The molecule has 8 rings (SSSR count). The van der Waals surface area contributed by atoms with Crippen LogP contribution in [-0.4, -0.2) is 28.5 Å². The Morgan fingerprint density at radius 1 is 0.462 bits per heavy atom. The second-order valence-electron chi connectivity index (χ2n) is 10.8. The van der Waals surface area contributed by atoms with Crippen LogP contribution in [0.15, 0.2) is 103 Å². The zero-order valence-electron chi connectivity index (χ0n) is 21.3. The van der Waals surface area contributed by atoms with Crippen LogP contribution in [0.4, 0.5) is 0 Å². The molecular weight excluding hydrogens is 480 g/mol. The van der Waals surface area contributed by atoms with Crippen molar-refractivity contribution in [2.75, 3.05) is 13.2 Å². The predicted molar refractivity (Wildman–Crippen MR) is 159 cm³/mol. The van der Waals surface area contributed by atoms with Crippen molar-refractivity contribution in [2.24, 2.45) is 0 Å². The molecule has 0 saturated heterocycles. The van der Waals surface area contributed by atoms with Gasteiger partial charge in [0.1, 0.15) is 0 Å². The molecule has 0 atom stereocenters. The minimum absolute atomic E-state index is 0.0155. The zero-order chi connectivity index (χ0) is 26.3. The van der Waals surface area contributed by atoms with Crippen molar-refractivity contribution in [3.63, 3.8) is 0 Å². The highest BCUT2D eigenvalue weighted by atomic mass is 16.3. The van der Waals surface area contributed by atoms with E-state index in [1.807, 2.05) is 24.3 Å². The van der Waals surface area contributed by atoms with Gasteiger partial charge in [-0.05, 0) is 88.1 Å². The van der Waals surface area contributed by atoms with Crippen LogP contribution in [0.25, 0.3) is 65.3 Å². The van der Waals surface area contributed by atoms with Gasteiger partial charge in [0.2, 0.25) is 0 Å². The van der Waals surface area contributed by atoms with E-state index in [-0.39, 0.29) is 19.8 Å². The molecule has 0 unspecified atom stereocenters. The summed E-state index contributed by atoms with van der Waals surface area (Å²) in [5.41, 5.74) is 6.40. The number of fused-ring (bicyclic) bond motifs is 5. The zero-order valence-corrected chi connectivity index (χ0v) is 21.3. The largest absolute Gasteiger partial charge is 0.395 e. The van der Waals surface area contributed by atoms with Crippen LogP contribution in [0.2, 0.25) is 0 Å². The first kappa shape index (κ1) is 22.7. The first-order chi connectivity index (χ1) is 19.2. The highest BCUT2D eigenvalue weighted by Crippen LogP contribution is 2.50. The van der Waals surface area contributed by atoms with E-state index in [4.69, 9.17) is 0 Å². The molecule has 3 N–H and O–H groups in total. The van der Waals surface area contributed by atoms with E-state index in [1.54, 1.807) is 0 Å². The molecule has 0 amide bonds. The first-order valence-corrected chi connectivity index (χ1v) is 13.4. The average Bonchev–Trinajstić information content (AvgIpc) is 3.28. The summed E-state index contributed by atoms with van der Waals surface area (Å²) in [4.78, 5) is 0. The fraction of sp³-hybridized carbons (Fsp3) is 0.111. The van der Waals surface area contributed by atoms with Gasteiger partial charge < -0.3 is 15.3 Å². The number of aliphatic hydroxyl groups excluding tert-OH is 3. The number of hydrogen-bond donors (Lipinski definition) is 3. The van der Waals surface area contributed by atoms with Crippen molar-refractivity contribution in [1.82, 2.24) is 0 Å². The lowest BCUT2D eigenvalue weighted by molar-refractivity contribution is 0.146. The molecule has 7 aromatic carbocycles. The molecule has 188 valence electrons. The van der Waals surface area contributed by atoms with Gasteiger partial charge in [0, 0.05) is 0 Å². The highest BCUT2D eigenvalue weighted by Gasteiger charge is 2.42.